The molecule has 1 aliphatic heterocycles. The van der Waals surface area contributed by atoms with Gasteiger partial charge in [0, 0.05) is 16.8 Å². The molecule has 114 valence electrons. The highest BCUT2D eigenvalue weighted by Gasteiger charge is 2.28. The summed E-state index contributed by atoms with van der Waals surface area (Å²) in [5, 5.41) is 0.840. The highest BCUT2D eigenvalue weighted by Crippen LogP contribution is 2.30. The van der Waals surface area contributed by atoms with E-state index in [2.05, 4.69) is 9.72 Å². The molecule has 0 aliphatic carbocycles. The second kappa shape index (κ2) is 5.63. The number of aromatic nitrogens is 1. The van der Waals surface area contributed by atoms with Gasteiger partial charge in [0.25, 0.3) is 0 Å². The van der Waals surface area contributed by atoms with Gasteiger partial charge in [-0.2, -0.15) is 0 Å². The Bertz CT molecular complexity index is 745. The van der Waals surface area contributed by atoms with Crippen LogP contribution in [-0.2, 0) is 19.1 Å². The summed E-state index contributed by atoms with van der Waals surface area (Å²) in [6.45, 7) is 2.06. The lowest BCUT2D eigenvalue weighted by Gasteiger charge is -2.20. The summed E-state index contributed by atoms with van der Waals surface area (Å²) >= 11 is 0. The molecule has 6 nitrogen and oxygen atoms in total. The second-order valence-corrected chi connectivity index (χ2v) is 5.20. The number of aromatic amines is 1. The number of nitrogens with one attached hydrogen (secondary N) is 1. The van der Waals surface area contributed by atoms with Gasteiger partial charge in [-0.25, -0.2) is 4.79 Å². The summed E-state index contributed by atoms with van der Waals surface area (Å²) in [6, 6.07) is 7.27. The lowest BCUT2D eigenvalue weighted by molar-refractivity contribution is -0.163. The van der Waals surface area contributed by atoms with E-state index in [1.165, 1.54) is 0 Å². The molecule has 0 bridgehead atoms. The summed E-state index contributed by atoms with van der Waals surface area (Å²) < 4.78 is 9.50. The van der Waals surface area contributed by atoms with Gasteiger partial charge in [-0.15, -0.1) is 0 Å². The summed E-state index contributed by atoms with van der Waals surface area (Å²) in [6.07, 6.45) is 0.374. The quantitative estimate of drug-likeness (QED) is 0.694. The van der Waals surface area contributed by atoms with E-state index in [0.717, 1.165) is 16.5 Å². The molecule has 0 unspecified atom stereocenters. The van der Waals surface area contributed by atoms with Crippen LogP contribution in [0.1, 0.15) is 41.7 Å². The summed E-state index contributed by atoms with van der Waals surface area (Å²) in [4.78, 5) is 37.5. The molecule has 1 aromatic heterocycles. The van der Waals surface area contributed by atoms with Gasteiger partial charge in [0.2, 0.25) is 0 Å². The van der Waals surface area contributed by atoms with E-state index >= 15 is 0 Å². The molecular weight excluding hydrogens is 286 g/mol. The molecule has 1 N–H and O–H groups in total. The zero-order valence-electron chi connectivity index (χ0n) is 12.0. The number of benzene rings is 1. The van der Waals surface area contributed by atoms with Crippen molar-refractivity contribution < 1.29 is 23.9 Å². The molecule has 0 atom stereocenters. The largest absolute Gasteiger partial charge is 0.461 e. The molecule has 1 aliphatic rings. The summed E-state index contributed by atoms with van der Waals surface area (Å²) in [5.41, 5.74) is 2.07. The van der Waals surface area contributed by atoms with Crippen LogP contribution in [0, 0.1) is 0 Å². The molecule has 1 fully saturated rings. The minimum absolute atomic E-state index is 0.181. The molecule has 3 rings (SSSR count). The maximum absolute atomic E-state index is 11.7. The van der Waals surface area contributed by atoms with Gasteiger partial charge < -0.3 is 14.5 Å². The number of hydrogen-bond donors (Lipinski definition) is 1. The van der Waals surface area contributed by atoms with Crippen LogP contribution in [0.5, 0.6) is 0 Å². The van der Waals surface area contributed by atoms with E-state index in [1.54, 1.807) is 13.0 Å². The number of H-pyrrole nitrogens is 1. The molecular formula is C16H15NO5. The number of cyclic esters (lactones) is 2. The summed E-state index contributed by atoms with van der Waals surface area (Å²) in [7, 11) is 0. The van der Waals surface area contributed by atoms with Gasteiger partial charge in [0.05, 0.1) is 19.4 Å². The van der Waals surface area contributed by atoms with E-state index in [9.17, 15) is 14.4 Å². The molecule has 0 radical (unpaired) electrons. The van der Waals surface area contributed by atoms with Crippen LogP contribution < -0.4 is 0 Å². The van der Waals surface area contributed by atoms with Gasteiger partial charge in [0.15, 0.2) is 0 Å². The van der Waals surface area contributed by atoms with Crippen molar-refractivity contribution in [2.75, 3.05) is 6.61 Å². The minimum Gasteiger partial charge on any atom is -0.461 e. The van der Waals surface area contributed by atoms with Crippen molar-refractivity contribution in [3.8, 4) is 0 Å². The van der Waals surface area contributed by atoms with Crippen LogP contribution in [0.2, 0.25) is 0 Å². The molecule has 22 heavy (non-hydrogen) atoms. The number of hydrogen-bond acceptors (Lipinski definition) is 5. The smallest absolute Gasteiger partial charge is 0.354 e. The van der Waals surface area contributed by atoms with E-state index in [-0.39, 0.29) is 18.8 Å². The zero-order valence-corrected chi connectivity index (χ0v) is 12.0. The predicted molar refractivity (Wildman–Crippen MR) is 77.3 cm³/mol. The van der Waals surface area contributed by atoms with Crippen molar-refractivity contribution in [1.82, 2.24) is 4.98 Å². The Kier molecular flexibility index (Phi) is 3.66. The topological polar surface area (TPSA) is 85.5 Å². The lowest BCUT2D eigenvalue weighted by Crippen LogP contribution is -2.24. The van der Waals surface area contributed by atoms with Crippen molar-refractivity contribution in [3.05, 3.63) is 35.5 Å². The molecule has 0 amide bonds. The Balaban J connectivity index is 1.91. The number of ether oxygens (including phenoxy) is 2. The molecule has 0 spiro atoms. The monoisotopic (exact) mass is 301 g/mol. The van der Waals surface area contributed by atoms with Crippen LogP contribution in [0.3, 0.4) is 0 Å². The van der Waals surface area contributed by atoms with Crippen molar-refractivity contribution in [3.63, 3.8) is 0 Å². The average Bonchev–Trinajstić information content (AvgIpc) is 2.89. The van der Waals surface area contributed by atoms with Crippen molar-refractivity contribution in [2.45, 2.75) is 25.7 Å². The third kappa shape index (κ3) is 2.72. The fourth-order valence-electron chi connectivity index (χ4n) is 2.64. The molecule has 0 saturated carbocycles. The molecule has 2 heterocycles. The lowest BCUT2D eigenvalue weighted by atomic mass is 9.90. The number of carbonyl (C=O) groups excluding carboxylic acids is 3. The van der Waals surface area contributed by atoms with Crippen LogP contribution in [0.15, 0.2) is 24.3 Å². The minimum atomic E-state index is -0.498. The van der Waals surface area contributed by atoms with Crippen molar-refractivity contribution in [2.24, 2.45) is 0 Å². The van der Waals surface area contributed by atoms with Gasteiger partial charge in [0.1, 0.15) is 5.69 Å². The molecule has 6 heteroatoms. The first-order chi connectivity index (χ1) is 10.6. The average molecular weight is 301 g/mol. The third-order valence-corrected chi connectivity index (χ3v) is 3.67. The Labute approximate surface area is 126 Å². The Morgan fingerprint density at radius 3 is 2.68 bits per heavy atom. The number of carbonyl (C=O) groups is 3. The molecule has 1 aromatic carbocycles. The van der Waals surface area contributed by atoms with Crippen LogP contribution in [0.25, 0.3) is 10.9 Å². The van der Waals surface area contributed by atoms with Gasteiger partial charge in [-0.3, -0.25) is 9.59 Å². The first-order valence-corrected chi connectivity index (χ1v) is 7.10. The number of rotatable bonds is 3. The first kappa shape index (κ1) is 14.3. The third-order valence-electron chi connectivity index (χ3n) is 3.67. The Hall–Kier alpha value is -2.63. The molecule has 2 aromatic rings. The van der Waals surface area contributed by atoms with Crippen molar-refractivity contribution >= 4 is 28.8 Å². The number of fused-ring (bicyclic) bond motifs is 1. The highest BCUT2D eigenvalue weighted by molar-refractivity contribution is 5.95. The standard InChI is InChI=1S/C16H15NO5/c1-2-21-16(20)13-6-11-5-9(3-4-12(11)17-13)10-7-14(18)22-15(19)8-10/h3-6,10,17H,2,7-8H2,1H3. The Morgan fingerprint density at radius 2 is 2.00 bits per heavy atom. The Morgan fingerprint density at radius 1 is 1.27 bits per heavy atom. The van der Waals surface area contributed by atoms with Crippen LogP contribution in [0.4, 0.5) is 0 Å². The zero-order chi connectivity index (χ0) is 15.7. The fraction of sp³-hybridized carbons (Fsp3) is 0.312. The second-order valence-electron chi connectivity index (χ2n) is 5.20. The maximum atomic E-state index is 11.7. The van der Waals surface area contributed by atoms with Gasteiger partial charge >= 0.3 is 17.9 Å². The SMILES string of the molecule is CCOC(=O)c1cc2cc(C3CC(=O)OC(=O)C3)ccc2[nH]1. The van der Waals surface area contributed by atoms with Crippen LogP contribution in [-0.4, -0.2) is 29.5 Å². The maximum Gasteiger partial charge on any atom is 0.354 e. The van der Waals surface area contributed by atoms with Crippen LogP contribution >= 0.6 is 0 Å². The van der Waals surface area contributed by atoms with E-state index < -0.39 is 17.9 Å². The molecule has 1 saturated heterocycles. The predicted octanol–water partition coefficient (Wildman–Crippen LogP) is 2.29. The number of esters is 3. The van der Waals surface area contributed by atoms with Gasteiger partial charge in [-0.1, -0.05) is 6.07 Å². The first-order valence-electron chi connectivity index (χ1n) is 7.10. The van der Waals surface area contributed by atoms with E-state index in [4.69, 9.17) is 4.74 Å². The summed E-state index contributed by atoms with van der Waals surface area (Å²) in [5.74, 6) is -1.58. The van der Waals surface area contributed by atoms with E-state index in [1.807, 2.05) is 18.2 Å². The van der Waals surface area contributed by atoms with E-state index in [0.29, 0.717) is 12.3 Å². The highest BCUT2D eigenvalue weighted by atomic mass is 16.6. The normalized spacial score (nSPS) is 15.9. The van der Waals surface area contributed by atoms with Gasteiger partial charge in [-0.05, 0) is 30.7 Å². The fourth-order valence-corrected chi connectivity index (χ4v) is 2.64. The van der Waals surface area contributed by atoms with Crippen molar-refractivity contribution in [1.29, 1.82) is 0 Å².